The van der Waals surface area contributed by atoms with Gasteiger partial charge in [-0.15, -0.1) is 17.6 Å². The van der Waals surface area contributed by atoms with Gasteiger partial charge in [-0.25, -0.2) is 0 Å². The molecule has 0 unspecified atom stereocenters. The average molecular weight is 487 g/mol. The van der Waals surface area contributed by atoms with Crippen LogP contribution in [0, 0.1) is 0 Å². The summed E-state index contributed by atoms with van der Waals surface area (Å²) in [6.45, 7) is 0. The molecule has 4 rings (SSSR count). The van der Waals surface area contributed by atoms with Crippen molar-refractivity contribution in [3.8, 4) is 17.0 Å². The molecule has 2 aromatic carbocycles. The monoisotopic (exact) mass is 487 g/mol. The Balaban J connectivity index is 1.66. The molecule has 0 atom stereocenters. The lowest BCUT2D eigenvalue weighted by Gasteiger charge is -2.13. The summed E-state index contributed by atoms with van der Waals surface area (Å²) >= 11 is 0. The minimum Gasteiger partial charge on any atom is -0.406 e. The number of amidine groups is 1. The Morgan fingerprint density at radius 2 is 1.61 bits per heavy atom. The van der Waals surface area contributed by atoms with Crippen LogP contribution in [0.3, 0.4) is 0 Å². The van der Waals surface area contributed by atoms with Crippen LogP contribution >= 0.6 is 0 Å². The highest BCUT2D eigenvalue weighted by Crippen LogP contribution is 2.38. The largest absolute Gasteiger partial charge is 0.573 e. The lowest BCUT2D eigenvalue weighted by atomic mass is 10.0. The third-order valence-corrected chi connectivity index (χ3v) is 5.78. The van der Waals surface area contributed by atoms with Crippen LogP contribution in [0.25, 0.3) is 11.3 Å². The molecule has 13 heteroatoms. The van der Waals surface area contributed by atoms with Crippen molar-refractivity contribution in [1.82, 2.24) is 4.98 Å². The number of benzene rings is 2. The third kappa shape index (κ3) is 4.77. The van der Waals surface area contributed by atoms with Crippen LogP contribution in [0.2, 0.25) is 0 Å². The van der Waals surface area contributed by atoms with Crippen molar-refractivity contribution in [2.45, 2.75) is 17.4 Å². The third-order valence-electron chi connectivity index (χ3n) is 4.46. The fourth-order valence-corrected chi connectivity index (χ4v) is 4.33. The van der Waals surface area contributed by atoms with E-state index in [9.17, 15) is 34.8 Å². The molecule has 0 saturated carbocycles. The van der Waals surface area contributed by atoms with Gasteiger partial charge in [0.2, 0.25) is 0 Å². The number of aromatic nitrogens is 1. The number of halogens is 6. The molecule has 0 amide bonds. The summed E-state index contributed by atoms with van der Waals surface area (Å²) in [5, 5.41) is 2.68. The Bertz CT molecular complexity index is 1350. The topological polar surface area (TPSA) is 80.7 Å². The minimum atomic E-state index is -4.87. The number of hydrogen-bond donors (Lipinski definition) is 1. The van der Waals surface area contributed by atoms with E-state index in [1.165, 1.54) is 24.3 Å². The van der Waals surface area contributed by atoms with Gasteiger partial charge in [0.15, 0.2) is 5.84 Å². The van der Waals surface area contributed by atoms with Crippen LogP contribution in [0.5, 0.6) is 5.75 Å². The van der Waals surface area contributed by atoms with Crippen molar-refractivity contribution in [3.63, 3.8) is 0 Å². The predicted molar refractivity (Wildman–Crippen MR) is 105 cm³/mol. The van der Waals surface area contributed by atoms with Crippen LogP contribution < -0.4 is 10.1 Å². The smallest absolute Gasteiger partial charge is 0.406 e. The molecule has 1 aliphatic heterocycles. The number of anilines is 1. The maximum Gasteiger partial charge on any atom is 0.573 e. The first-order valence-electron chi connectivity index (χ1n) is 8.98. The van der Waals surface area contributed by atoms with Gasteiger partial charge in [-0.1, -0.05) is 6.07 Å². The molecule has 1 aromatic heterocycles. The van der Waals surface area contributed by atoms with E-state index >= 15 is 0 Å². The molecule has 0 bridgehead atoms. The molecule has 0 saturated heterocycles. The number of nitrogens with one attached hydrogen (secondary N) is 1. The van der Waals surface area contributed by atoms with Gasteiger partial charge in [0.05, 0.1) is 11.3 Å². The van der Waals surface area contributed by atoms with E-state index in [0.29, 0.717) is 0 Å². The van der Waals surface area contributed by atoms with E-state index in [4.69, 9.17) is 0 Å². The van der Waals surface area contributed by atoms with E-state index in [-0.39, 0.29) is 27.5 Å². The van der Waals surface area contributed by atoms with Gasteiger partial charge in [-0.05, 0) is 48.5 Å². The number of sulfonamides is 1. The number of alkyl halides is 6. The highest BCUT2D eigenvalue weighted by atomic mass is 32.2. The van der Waals surface area contributed by atoms with Crippen molar-refractivity contribution >= 4 is 21.5 Å². The van der Waals surface area contributed by atoms with Gasteiger partial charge >= 0.3 is 12.5 Å². The molecular formula is C20H11F6N3O3S. The Kier molecular flexibility index (Phi) is 5.31. The first-order valence-corrected chi connectivity index (χ1v) is 10.4. The normalized spacial score (nSPS) is 15.0. The SMILES string of the molecule is O=S1(=O)N=C(Nc2ccc(OC(F)(F)F)cc2)c2ccc(-c3ncccc3C(F)(F)F)cc21. The number of pyridine rings is 1. The van der Waals surface area contributed by atoms with Crippen molar-refractivity contribution in [2.24, 2.45) is 4.40 Å². The molecule has 0 spiro atoms. The van der Waals surface area contributed by atoms with Crippen molar-refractivity contribution in [3.05, 3.63) is 71.9 Å². The average Bonchev–Trinajstić information content (AvgIpc) is 2.97. The Labute approximate surface area is 182 Å². The molecular weight excluding hydrogens is 476 g/mol. The Hall–Kier alpha value is -3.61. The van der Waals surface area contributed by atoms with Crippen molar-refractivity contribution < 1.29 is 39.5 Å². The summed E-state index contributed by atoms with van der Waals surface area (Å²) in [5.41, 5.74) is -1.25. The lowest BCUT2D eigenvalue weighted by molar-refractivity contribution is -0.274. The van der Waals surface area contributed by atoms with Crippen LogP contribution in [0.15, 0.2) is 70.1 Å². The summed E-state index contributed by atoms with van der Waals surface area (Å²) in [4.78, 5) is 3.41. The molecule has 6 nitrogen and oxygen atoms in total. The lowest BCUT2D eigenvalue weighted by Crippen LogP contribution is -2.17. The highest BCUT2D eigenvalue weighted by Gasteiger charge is 2.36. The van der Waals surface area contributed by atoms with E-state index in [1.54, 1.807) is 0 Å². The zero-order chi connectivity index (χ0) is 24.0. The standard InChI is InChI=1S/C20H11F6N3O3S/c21-19(22,23)15-2-1-9-27-17(15)11-3-8-14-16(10-11)33(30,31)29-18(14)28-12-4-6-13(7-5-12)32-20(24,25)26/h1-10H,(H,28,29). The number of nitrogens with zero attached hydrogens (tertiary/aromatic N) is 2. The number of hydrogen-bond acceptors (Lipinski definition) is 5. The second-order valence-electron chi connectivity index (χ2n) is 6.72. The Morgan fingerprint density at radius 3 is 2.24 bits per heavy atom. The molecule has 2 heterocycles. The number of rotatable bonds is 3. The van der Waals surface area contributed by atoms with E-state index in [1.807, 2.05) is 0 Å². The zero-order valence-electron chi connectivity index (χ0n) is 16.1. The molecule has 33 heavy (non-hydrogen) atoms. The Morgan fingerprint density at radius 1 is 0.909 bits per heavy atom. The number of ether oxygens (including phenoxy) is 1. The summed E-state index contributed by atoms with van der Waals surface area (Å²) < 4.78 is 109. The summed E-state index contributed by atoms with van der Waals surface area (Å²) in [5.74, 6) is -0.618. The zero-order valence-corrected chi connectivity index (χ0v) is 16.9. The van der Waals surface area contributed by atoms with Crippen LogP contribution in [0.1, 0.15) is 11.1 Å². The molecule has 0 radical (unpaired) electrons. The fraction of sp³-hybridized carbons (Fsp3) is 0.100. The van der Waals surface area contributed by atoms with Gasteiger partial charge in [0, 0.05) is 23.0 Å². The van der Waals surface area contributed by atoms with Crippen LogP contribution in [-0.2, 0) is 16.2 Å². The molecule has 172 valence electrons. The maximum absolute atomic E-state index is 13.3. The maximum atomic E-state index is 13.3. The second kappa shape index (κ2) is 7.76. The summed E-state index contributed by atoms with van der Waals surface area (Å²) in [7, 11) is -4.24. The van der Waals surface area contributed by atoms with Crippen molar-refractivity contribution in [2.75, 3.05) is 5.32 Å². The summed E-state index contributed by atoms with van der Waals surface area (Å²) in [6.07, 6.45) is -8.41. The van der Waals surface area contributed by atoms with E-state index in [2.05, 4.69) is 19.4 Å². The quantitative estimate of drug-likeness (QED) is 0.512. The van der Waals surface area contributed by atoms with E-state index < -0.39 is 39.6 Å². The van der Waals surface area contributed by atoms with Crippen molar-refractivity contribution in [1.29, 1.82) is 0 Å². The van der Waals surface area contributed by atoms with Gasteiger partial charge in [-0.3, -0.25) is 4.98 Å². The number of fused-ring (bicyclic) bond motifs is 1. The highest BCUT2D eigenvalue weighted by molar-refractivity contribution is 7.90. The van der Waals surface area contributed by atoms with Gasteiger partial charge < -0.3 is 10.1 Å². The van der Waals surface area contributed by atoms with E-state index in [0.717, 1.165) is 36.5 Å². The second-order valence-corrected chi connectivity index (χ2v) is 8.29. The fourth-order valence-electron chi connectivity index (χ4n) is 3.13. The predicted octanol–water partition coefficient (Wildman–Crippen LogP) is 5.23. The van der Waals surface area contributed by atoms with Gasteiger partial charge in [-0.2, -0.15) is 21.6 Å². The van der Waals surface area contributed by atoms with Gasteiger partial charge in [0.1, 0.15) is 10.6 Å². The molecule has 1 N–H and O–H groups in total. The first-order chi connectivity index (χ1) is 15.3. The minimum absolute atomic E-state index is 0.0737. The molecule has 0 aliphatic carbocycles. The molecule has 1 aliphatic rings. The van der Waals surface area contributed by atoms with Gasteiger partial charge in [0.25, 0.3) is 10.0 Å². The summed E-state index contributed by atoms with van der Waals surface area (Å²) in [6, 6.07) is 10.0. The molecule has 3 aromatic rings. The molecule has 0 fully saturated rings. The van der Waals surface area contributed by atoms with Crippen LogP contribution in [-0.4, -0.2) is 25.6 Å². The first kappa shape index (κ1) is 22.6. The van der Waals surface area contributed by atoms with Crippen LogP contribution in [0.4, 0.5) is 32.0 Å².